The molecule has 1 N–H and O–H groups in total. The van der Waals surface area contributed by atoms with Crippen molar-refractivity contribution >= 4 is 5.97 Å². The predicted molar refractivity (Wildman–Crippen MR) is 69.2 cm³/mol. The number of hydrogen-bond acceptors (Lipinski definition) is 1. The van der Waals surface area contributed by atoms with E-state index in [0.29, 0.717) is 0 Å². The van der Waals surface area contributed by atoms with Crippen molar-refractivity contribution in [1.29, 1.82) is 0 Å². The summed E-state index contributed by atoms with van der Waals surface area (Å²) in [6.45, 7) is 0. The van der Waals surface area contributed by atoms with Crippen molar-refractivity contribution in [3.05, 3.63) is 71.8 Å². The summed E-state index contributed by atoms with van der Waals surface area (Å²) in [5, 5.41) is 8.37. The minimum atomic E-state index is -4.21. The molecule has 0 aromatic heterocycles. The Morgan fingerprint density at radius 3 is 1.70 bits per heavy atom. The fourth-order valence-corrected chi connectivity index (χ4v) is 1.40. The summed E-state index contributed by atoms with van der Waals surface area (Å²) in [6, 6.07) is 15.5. The molecule has 5 heteroatoms. The van der Waals surface area contributed by atoms with Crippen molar-refractivity contribution in [2.45, 2.75) is 12.6 Å². The number of alkyl halides is 3. The average molecular weight is 282 g/mol. The van der Waals surface area contributed by atoms with Gasteiger partial charge >= 0.3 is 12.1 Å². The van der Waals surface area contributed by atoms with Crippen LogP contribution in [0.3, 0.4) is 0 Å². The fraction of sp³-hybridized carbons (Fsp3) is 0.133. The molecule has 2 aromatic rings. The van der Waals surface area contributed by atoms with Crippen molar-refractivity contribution in [3.63, 3.8) is 0 Å². The Hall–Kier alpha value is -2.30. The molecule has 0 saturated heterocycles. The van der Waals surface area contributed by atoms with Gasteiger partial charge in [-0.05, 0) is 5.56 Å². The highest BCUT2D eigenvalue weighted by Crippen LogP contribution is 2.28. The van der Waals surface area contributed by atoms with Gasteiger partial charge in [-0.15, -0.1) is 0 Å². The van der Waals surface area contributed by atoms with Crippen molar-refractivity contribution in [1.82, 2.24) is 0 Å². The molecule has 0 radical (unpaired) electrons. The standard InChI is InChI=1S/C8H8O2.C7H5F3/c9-8(10)6-7-4-2-1-3-5-7;8-7(9,10)6-4-2-1-3-5-6/h1-5H,6H2,(H,9,10);1-5H. The summed E-state index contributed by atoms with van der Waals surface area (Å²) >= 11 is 0. The maximum Gasteiger partial charge on any atom is 0.416 e. The van der Waals surface area contributed by atoms with Gasteiger partial charge in [-0.1, -0.05) is 60.7 Å². The summed E-state index contributed by atoms with van der Waals surface area (Å²) in [5.74, 6) is -0.786. The largest absolute Gasteiger partial charge is 0.481 e. The van der Waals surface area contributed by atoms with Crippen molar-refractivity contribution in [2.75, 3.05) is 0 Å². The van der Waals surface area contributed by atoms with Crippen LogP contribution >= 0.6 is 0 Å². The fourth-order valence-electron chi connectivity index (χ4n) is 1.40. The third kappa shape index (κ3) is 6.04. The molecule has 106 valence electrons. The Balaban J connectivity index is 0.000000200. The van der Waals surface area contributed by atoms with Crippen LogP contribution in [0.25, 0.3) is 0 Å². The summed E-state index contributed by atoms with van der Waals surface area (Å²) in [5.41, 5.74) is 0.241. The molecular weight excluding hydrogens is 269 g/mol. The number of benzene rings is 2. The molecule has 0 aliphatic heterocycles. The monoisotopic (exact) mass is 282 g/mol. The molecule has 0 fully saturated rings. The van der Waals surface area contributed by atoms with Crippen LogP contribution < -0.4 is 0 Å². The minimum absolute atomic E-state index is 0.112. The number of aliphatic carboxylic acids is 1. The van der Waals surface area contributed by atoms with Crippen molar-refractivity contribution < 1.29 is 23.1 Å². The maximum atomic E-state index is 11.8. The second-order valence-electron chi connectivity index (χ2n) is 3.92. The highest BCUT2D eigenvalue weighted by molar-refractivity contribution is 5.70. The molecule has 0 unspecified atom stereocenters. The van der Waals surface area contributed by atoms with Crippen LogP contribution in [0.5, 0.6) is 0 Å². The molecule has 0 heterocycles. The molecule has 0 saturated carbocycles. The second kappa shape index (κ2) is 7.33. The molecule has 20 heavy (non-hydrogen) atoms. The first-order chi connectivity index (χ1) is 9.39. The number of hydrogen-bond donors (Lipinski definition) is 1. The highest BCUT2D eigenvalue weighted by atomic mass is 19.4. The van der Waals surface area contributed by atoms with Gasteiger partial charge in [0.1, 0.15) is 0 Å². The molecule has 0 bridgehead atoms. The van der Waals surface area contributed by atoms with Gasteiger partial charge < -0.3 is 5.11 Å². The third-order valence-corrected chi connectivity index (χ3v) is 2.30. The maximum absolute atomic E-state index is 11.8. The molecule has 2 aromatic carbocycles. The first kappa shape index (κ1) is 15.8. The highest BCUT2D eigenvalue weighted by Gasteiger charge is 2.29. The Bertz CT molecular complexity index is 522. The van der Waals surface area contributed by atoms with Crippen LogP contribution in [0.4, 0.5) is 13.2 Å². The van der Waals surface area contributed by atoms with Gasteiger partial charge in [-0.2, -0.15) is 13.2 Å². The lowest BCUT2D eigenvalue weighted by Crippen LogP contribution is -2.03. The lowest BCUT2D eigenvalue weighted by Gasteiger charge is -2.03. The number of halogens is 3. The van der Waals surface area contributed by atoms with E-state index in [1.165, 1.54) is 12.1 Å². The molecule has 0 amide bonds. The topological polar surface area (TPSA) is 37.3 Å². The van der Waals surface area contributed by atoms with Gasteiger partial charge in [-0.25, -0.2) is 0 Å². The first-order valence-electron chi connectivity index (χ1n) is 5.77. The van der Waals surface area contributed by atoms with Gasteiger partial charge in [-0.3, -0.25) is 4.79 Å². The summed E-state index contributed by atoms with van der Waals surface area (Å²) < 4.78 is 35.4. The number of carboxylic acid groups (broad SMARTS) is 1. The Kier molecular flexibility index (Phi) is 5.77. The first-order valence-corrected chi connectivity index (χ1v) is 5.77. The van der Waals surface area contributed by atoms with Gasteiger partial charge in [0.05, 0.1) is 12.0 Å². The lowest BCUT2D eigenvalue weighted by atomic mass is 10.2. The smallest absolute Gasteiger partial charge is 0.416 e. The number of rotatable bonds is 2. The van der Waals surface area contributed by atoms with Gasteiger partial charge in [0.2, 0.25) is 0 Å². The average Bonchev–Trinajstić information content (AvgIpc) is 2.40. The van der Waals surface area contributed by atoms with E-state index in [4.69, 9.17) is 5.11 Å². The van der Waals surface area contributed by atoms with Crippen LogP contribution in [0.2, 0.25) is 0 Å². The third-order valence-electron chi connectivity index (χ3n) is 2.30. The van der Waals surface area contributed by atoms with Crippen LogP contribution in [-0.2, 0) is 17.4 Å². The lowest BCUT2D eigenvalue weighted by molar-refractivity contribution is -0.138. The van der Waals surface area contributed by atoms with E-state index in [2.05, 4.69) is 0 Å². The van der Waals surface area contributed by atoms with E-state index in [9.17, 15) is 18.0 Å². The SMILES string of the molecule is FC(F)(F)c1ccccc1.O=C(O)Cc1ccccc1. The summed E-state index contributed by atoms with van der Waals surface area (Å²) in [6.07, 6.45) is -4.10. The summed E-state index contributed by atoms with van der Waals surface area (Å²) in [7, 11) is 0. The van der Waals surface area contributed by atoms with E-state index in [-0.39, 0.29) is 6.42 Å². The van der Waals surface area contributed by atoms with Crippen LogP contribution in [0.15, 0.2) is 60.7 Å². The molecule has 0 aliphatic rings. The quantitative estimate of drug-likeness (QED) is 0.903. The van der Waals surface area contributed by atoms with Gasteiger partial charge in [0, 0.05) is 0 Å². The van der Waals surface area contributed by atoms with E-state index < -0.39 is 17.7 Å². The molecule has 2 rings (SSSR count). The minimum Gasteiger partial charge on any atom is -0.481 e. The van der Waals surface area contributed by atoms with Crippen molar-refractivity contribution in [3.8, 4) is 0 Å². The van der Waals surface area contributed by atoms with Crippen LogP contribution in [0, 0.1) is 0 Å². The molecule has 0 atom stereocenters. The van der Waals surface area contributed by atoms with E-state index in [1.807, 2.05) is 18.2 Å². The molecule has 0 aliphatic carbocycles. The van der Waals surface area contributed by atoms with Gasteiger partial charge in [0.25, 0.3) is 0 Å². The normalized spacial score (nSPS) is 10.3. The molecular formula is C15H13F3O2. The molecule has 0 spiro atoms. The number of carboxylic acids is 1. The Labute approximate surface area is 114 Å². The van der Waals surface area contributed by atoms with Crippen LogP contribution in [0.1, 0.15) is 11.1 Å². The van der Waals surface area contributed by atoms with E-state index >= 15 is 0 Å². The predicted octanol–water partition coefficient (Wildman–Crippen LogP) is 4.02. The number of carbonyl (C=O) groups is 1. The Morgan fingerprint density at radius 1 is 0.900 bits per heavy atom. The molecule has 2 nitrogen and oxygen atoms in total. The zero-order valence-corrected chi connectivity index (χ0v) is 10.5. The second-order valence-corrected chi connectivity index (χ2v) is 3.92. The zero-order chi connectivity index (χ0) is 15.0. The van der Waals surface area contributed by atoms with E-state index in [0.717, 1.165) is 17.7 Å². The van der Waals surface area contributed by atoms with Crippen LogP contribution in [-0.4, -0.2) is 11.1 Å². The van der Waals surface area contributed by atoms with Crippen molar-refractivity contribution in [2.24, 2.45) is 0 Å². The Morgan fingerprint density at radius 2 is 1.35 bits per heavy atom. The van der Waals surface area contributed by atoms with E-state index in [1.54, 1.807) is 18.2 Å². The van der Waals surface area contributed by atoms with Gasteiger partial charge in [0.15, 0.2) is 0 Å². The summed E-state index contributed by atoms with van der Waals surface area (Å²) in [4.78, 5) is 10.2. The zero-order valence-electron chi connectivity index (χ0n) is 10.5.